The lowest BCUT2D eigenvalue weighted by Gasteiger charge is -2.17. The van der Waals surface area contributed by atoms with Gasteiger partial charge < -0.3 is 5.73 Å². The molecule has 102 valence electrons. The second-order valence-corrected chi connectivity index (χ2v) is 5.92. The Morgan fingerprint density at radius 2 is 1.95 bits per heavy atom. The first-order valence-electron chi connectivity index (χ1n) is 6.15. The first-order valence-corrected chi connectivity index (χ1v) is 6.53. The summed E-state index contributed by atoms with van der Waals surface area (Å²) in [5, 5.41) is 3.66. The molecule has 4 nitrogen and oxygen atoms in total. The van der Waals surface area contributed by atoms with Crippen LogP contribution in [0.3, 0.4) is 0 Å². The molecule has 2 aromatic rings. The van der Waals surface area contributed by atoms with Crippen molar-refractivity contribution in [1.29, 1.82) is 0 Å². The van der Waals surface area contributed by atoms with E-state index in [9.17, 15) is 4.79 Å². The predicted octanol–water partition coefficient (Wildman–Crippen LogP) is 2.58. The van der Waals surface area contributed by atoms with Crippen molar-refractivity contribution in [2.75, 3.05) is 0 Å². The van der Waals surface area contributed by atoms with Crippen molar-refractivity contribution in [2.45, 2.75) is 32.7 Å². The van der Waals surface area contributed by atoms with Gasteiger partial charge in [0.05, 0.1) is 16.3 Å². The molecule has 0 amide bonds. The van der Waals surface area contributed by atoms with E-state index >= 15 is 0 Å². The maximum absolute atomic E-state index is 12.4. The molecule has 0 aliphatic carbocycles. The molecule has 0 saturated heterocycles. The minimum absolute atomic E-state index is 0.138. The van der Waals surface area contributed by atoms with Crippen LogP contribution in [0.25, 0.3) is 5.69 Å². The predicted molar refractivity (Wildman–Crippen MR) is 78.0 cm³/mol. The van der Waals surface area contributed by atoms with Gasteiger partial charge in [-0.25, -0.2) is 4.68 Å². The Bertz CT molecular complexity index is 649. The summed E-state index contributed by atoms with van der Waals surface area (Å²) in [6.45, 7) is 6.32. The summed E-state index contributed by atoms with van der Waals surface area (Å²) >= 11 is 6.14. The molecule has 19 heavy (non-hydrogen) atoms. The van der Waals surface area contributed by atoms with Gasteiger partial charge in [-0.15, -0.1) is 0 Å². The van der Waals surface area contributed by atoms with Gasteiger partial charge in [-0.05, 0) is 12.1 Å². The highest BCUT2D eigenvalue weighted by atomic mass is 35.5. The van der Waals surface area contributed by atoms with Crippen molar-refractivity contribution >= 4 is 11.6 Å². The van der Waals surface area contributed by atoms with Crippen LogP contribution in [0, 0.1) is 0 Å². The Labute approximate surface area is 117 Å². The number of nitrogens with one attached hydrogen (secondary N) is 1. The number of halogens is 1. The number of para-hydroxylation sites is 1. The molecule has 0 unspecified atom stereocenters. The van der Waals surface area contributed by atoms with E-state index in [-0.39, 0.29) is 17.5 Å². The lowest BCUT2D eigenvalue weighted by Crippen LogP contribution is -2.21. The second-order valence-electron chi connectivity index (χ2n) is 5.51. The molecule has 0 radical (unpaired) electrons. The molecule has 3 N–H and O–H groups in total. The van der Waals surface area contributed by atoms with E-state index in [1.54, 1.807) is 12.1 Å². The summed E-state index contributed by atoms with van der Waals surface area (Å²) in [4.78, 5) is 12.4. The molecule has 0 aliphatic heterocycles. The van der Waals surface area contributed by atoms with Crippen LogP contribution in [0.4, 0.5) is 0 Å². The SMILES string of the molecule is CC(C)(C)c1[nH]n(-c2ccccc2Cl)c(=O)c1CN. The first kappa shape index (κ1) is 13.9. The number of aromatic nitrogens is 2. The van der Waals surface area contributed by atoms with Gasteiger partial charge in [0.1, 0.15) is 0 Å². The van der Waals surface area contributed by atoms with Crippen molar-refractivity contribution in [2.24, 2.45) is 5.73 Å². The fraction of sp³-hybridized carbons (Fsp3) is 0.357. The average Bonchev–Trinajstić information content (AvgIpc) is 2.67. The fourth-order valence-electron chi connectivity index (χ4n) is 2.08. The van der Waals surface area contributed by atoms with E-state index in [1.165, 1.54) is 4.68 Å². The third-order valence-electron chi connectivity index (χ3n) is 3.03. The molecule has 0 fully saturated rings. The largest absolute Gasteiger partial charge is 0.326 e. The monoisotopic (exact) mass is 279 g/mol. The lowest BCUT2D eigenvalue weighted by molar-refractivity contribution is 0.554. The number of aromatic amines is 1. The zero-order valence-corrected chi connectivity index (χ0v) is 12.1. The van der Waals surface area contributed by atoms with Crippen molar-refractivity contribution in [3.8, 4) is 5.69 Å². The number of nitrogens with zero attached hydrogens (tertiary/aromatic N) is 1. The molecule has 0 atom stereocenters. The number of H-pyrrole nitrogens is 1. The normalized spacial score (nSPS) is 11.8. The van der Waals surface area contributed by atoms with Crippen molar-refractivity contribution in [3.63, 3.8) is 0 Å². The zero-order chi connectivity index (χ0) is 14.2. The van der Waals surface area contributed by atoms with Crippen molar-refractivity contribution < 1.29 is 0 Å². The molecule has 0 aliphatic rings. The van der Waals surface area contributed by atoms with Crippen LogP contribution in [0.2, 0.25) is 5.02 Å². The van der Waals surface area contributed by atoms with Crippen molar-refractivity contribution in [1.82, 2.24) is 9.78 Å². The van der Waals surface area contributed by atoms with Crippen LogP contribution in [0.15, 0.2) is 29.1 Å². The minimum Gasteiger partial charge on any atom is -0.326 e. The van der Waals surface area contributed by atoms with Gasteiger partial charge in [0.15, 0.2) is 0 Å². The van der Waals surface area contributed by atoms with Gasteiger partial charge in [-0.2, -0.15) is 0 Å². The highest BCUT2D eigenvalue weighted by Gasteiger charge is 2.24. The van der Waals surface area contributed by atoms with Crippen LogP contribution in [0.1, 0.15) is 32.0 Å². The quantitative estimate of drug-likeness (QED) is 0.887. The van der Waals surface area contributed by atoms with E-state index in [0.717, 1.165) is 5.69 Å². The summed E-state index contributed by atoms with van der Waals surface area (Å²) in [5.41, 5.74) is 7.48. The van der Waals surface area contributed by atoms with Crippen LogP contribution in [-0.2, 0) is 12.0 Å². The van der Waals surface area contributed by atoms with Gasteiger partial charge in [0.2, 0.25) is 0 Å². The standard InChI is InChI=1S/C14H18ClN3O/c1-14(2,3)12-9(8-16)13(19)18(17-12)11-7-5-4-6-10(11)15/h4-7,17H,8,16H2,1-3H3. The summed E-state index contributed by atoms with van der Waals surface area (Å²) < 4.78 is 1.46. The zero-order valence-electron chi connectivity index (χ0n) is 11.3. The second kappa shape index (κ2) is 4.87. The summed E-state index contributed by atoms with van der Waals surface area (Å²) in [7, 11) is 0. The number of benzene rings is 1. The molecular formula is C14H18ClN3O. The average molecular weight is 280 g/mol. The fourth-order valence-corrected chi connectivity index (χ4v) is 2.30. The number of hydrogen-bond donors (Lipinski definition) is 2. The van der Waals surface area contributed by atoms with Gasteiger partial charge in [0.25, 0.3) is 5.56 Å². The van der Waals surface area contributed by atoms with Crippen LogP contribution < -0.4 is 11.3 Å². The highest BCUT2D eigenvalue weighted by molar-refractivity contribution is 6.32. The minimum atomic E-state index is -0.180. The van der Waals surface area contributed by atoms with Crippen molar-refractivity contribution in [3.05, 3.63) is 50.9 Å². The summed E-state index contributed by atoms with van der Waals surface area (Å²) in [6.07, 6.45) is 0. The van der Waals surface area contributed by atoms with E-state index in [0.29, 0.717) is 16.3 Å². The molecule has 2 rings (SSSR count). The number of nitrogens with two attached hydrogens (primary N) is 1. The maximum Gasteiger partial charge on any atom is 0.276 e. The third kappa shape index (κ3) is 2.46. The van der Waals surface area contributed by atoms with Crippen LogP contribution >= 0.6 is 11.6 Å². The smallest absolute Gasteiger partial charge is 0.276 e. The van der Waals surface area contributed by atoms with Gasteiger partial charge >= 0.3 is 0 Å². The van der Waals surface area contributed by atoms with Gasteiger partial charge in [-0.3, -0.25) is 9.89 Å². The Hall–Kier alpha value is -1.52. The van der Waals surface area contributed by atoms with E-state index < -0.39 is 0 Å². The topological polar surface area (TPSA) is 63.8 Å². The molecular weight excluding hydrogens is 262 g/mol. The molecule has 5 heteroatoms. The Morgan fingerprint density at radius 3 is 2.42 bits per heavy atom. The molecule has 0 bridgehead atoms. The van der Waals surface area contributed by atoms with Crippen LogP contribution in [0.5, 0.6) is 0 Å². The molecule has 1 aromatic heterocycles. The van der Waals surface area contributed by atoms with Gasteiger partial charge in [-0.1, -0.05) is 44.5 Å². The summed E-state index contributed by atoms with van der Waals surface area (Å²) in [6, 6.07) is 7.22. The Balaban J connectivity index is 2.71. The molecule has 0 saturated carbocycles. The van der Waals surface area contributed by atoms with E-state index in [4.69, 9.17) is 17.3 Å². The van der Waals surface area contributed by atoms with Crippen LogP contribution in [-0.4, -0.2) is 9.78 Å². The molecule has 1 heterocycles. The highest BCUT2D eigenvalue weighted by Crippen LogP contribution is 2.24. The Kier molecular flexibility index (Phi) is 3.56. The third-order valence-corrected chi connectivity index (χ3v) is 3.35. The number of rotatable bonds is 2. The van der Waals surface area contributed by atoms with E-state index in [1.807, 2.05) is 32.9 Å². The molecule has 0 spiro atoms. The molecule has 1 aromatic carbocycles. The lowest BCUT2D eigenvalue weighted by atomic mass is 9.89. The number of hydrogen-bond acceptors (Lipinski definition) is 2. The summed E-state index contributed by atoms with van der Waals surface area (Å²) in [5.74, 6) is 0. The Morgan fingerprint density at radius 1 is 1.32 bits per heavy atom. The first-order chi connectivity index (χ1) is 8.86. The maximum atomic E-state index is 12.4. The van der Waals surface area contributed by atoms with Gasteiger partial charge in [0, 0.05) is 17.7 Å². The van der Waals surface area contributed by atoms with E-state index in [2.05, 4.69) is 5.10 Å².